The molecule has 0 amide bonds. The van der Waals surface area contributed by atoms with Crippen molar-refractivity contribution in [3.8, 4) is 0 Å². The van der Waals surface area contributed by atoms with Crippen molar-refractivity contribution in [2.24, 2.45) is 0 Å². The first-order chi connectivity index (χ1) is 7.45. The van der Waals surface area contributed by atoms with E-state index in [9.17, 15) is 4.79 Å². The smallest absolute Gasteiger partial charge is 0.305 e. The molecule has 0 aromatic carbocycles. The van der Waals surface area contributed by atoms with Crippen LogP contribution in [0.2, 0.25) is 0 Å². The number of rotatable bonds is 8. The summed E-state index contributed by atoms with van der Waals surface area (Å²) in [6.45, 7) is 10.5. The van der Waals surface area contributed by atoms with Gasteiger partial charge in [0.1, 0.15) is 6.10 Å². The normalized spacial score (nSPS) is 14.9. The van der Waals surface area contributed by atoms with Crippen molar-refractivity contribution in [1.82, 2.24) is 0 Å². The number of ether oxygens (including phenoxy) is 3. The van der Waals surface area contributed by atoms with E-state index in [2.05, 4.69) is 0 Å². The maximum absolute atomic E-state index is 11.0. The van der Waals surface area contributed by atoms with Crippen molar-refractivity contribution in [1.29, 1.82) is 0 Å². The van der Waals surface area contributed by atoms with Gasteiger partial charge >= 0.3 is 5.97 Å². The van der Waals surface area contributed by atoms with Crippen molar-refractivity contribution in [2.45, 2.75) is 59.4 Å². The fourth-order valence-corrected chi connectivity index (χ4v) is 1.25. The van der Waals surface area contributed by atoms with Gasteiger partial charge in [-0.2, -0.15) is 0 Å². The molecule has 0 aromatic rings. The van der Waals surface area contributed by atoms with Crippen LogP contribution in [0.15, 0.2) is 0 Å². The zero-order valence-electron chi connectivity index (χ0n) is 11.0. The Hall–Kier alpha value is -0.610. The Bertz CT molecular complexity index is 191. The highest BCUT2D eigenvalue weighted by Crippen LogP contribution is 2.00. The van der Waals surface area contributed by atoms with Crippen molar-refractivity contribution in [3.63, 3.8) is 0 Å². The first-order valence-corrected chi connectivity index (χ1v) is 5.88. The summed E-state index contributed by atoms with van der Waals surface area (Å²) in [5, 5.41) is 0. The molecule has 0 aliphatic carbocycles. The molecule has 0 heterocycles. The van der Waals surface area contributed by atoms with Gasteiger partial charge in [0.05, 0.1) is 25.4 Å². The van der Waals surface area contributed by atoms with Crippen LogP contribution in [0, 0.1) is 0 Å². The van der Waals surface area contributed by atoms with E-state index < -0.39 is 0 Å². The van der Waals surface area contributed by atoms with Crippen LogP contribution in [0.25, 0.3) is 0 Å². The van der Waals surface area contributed by atoms with E-state index in [1.165, 1.54) is 0 Å². The summed E-state index contributed by atoms with van der Waals surface area (Å²) >= 11 is 0. The number of carbonyl (C=O) groups is 1. The number of hydrogen-bond acceptors (Lipinski definition) is 4. The van der Waals surface area contributed by atoms with E-state index in [1.807, 2.05) is 27.7 Å². The van der Waals surface area contributed by atoms with E-state index in [1.54, 1.807) is 6.92 Å². The molecule has 0 radical (unpaired) electrons. The summed E-state index contributed by atoms with van der Waals surface area (Å²) < 4.78 is 16.0. The zero-order valence-corrected chi connectivity index (χ0v) is 11.0. The van der Waals surface area contributed by atoms with Gasteiger partial charge in [0.2, 0.25) is 0 Å². The predicted molar refractivity (Wildman–Crippen MR) is 62.3 cm³/mol. The maximum Gasteiger partial charge on any atom is 0.305 e. The molecular weight excluding hydrogens is 208 g/mol. The lowest BCUT2D eigenvalue weighted by molar-refractivity contribution is -0.151. The van der Waals surface area contributed by atoms with Gasteiger partial charge in [0, 0.05) is 6.42 Å². The Morgan fingerprint density at radius 2 is 1.62 bits per heavy atom. The third-order valence-corrected chi connectivity index (χ3v) is 1.83. The lowest BCUT2D eigenvalue weighted by Gasteiger charge is -2.18. The average Bonchev–Trinajstić information content (AvgIpc) is 2.16. The highest BCUT2D eigenvalue weighted by atomic mass is 16.6. The van der Waals surface area contributed by atoms with Crippen LogP contribution in [0.5, 0.6) is 0 Å². The minimum atomic E-state index is -0.196. The van der Waals surface area contributed by atoms with Gasteiger partial charge in [-0.1, -0.05) is 6.92 Å². The minimum absolute atomic E-state index is 0.0640. The molecule has 0 aromatic heterocycles. The highest BCUT2D eigenvalue weighted by molar-refractivity contribution is 5.69. The van der Waals surface area contributed by atoms with Gasteiger partial charge in [-0.25, -0.2) is 0 Å². The lowest BCUT2D eigenvalue weighted by atomic mass is 10.4. The molecule has 2 atom stereocenters. The first-order valence-electron chi connectivity index (χ1n) is 5.88. The zero-order chi connectivity index (χ0) is 12.6. The summed E-state index contributed by atoms with van der Waals surface area (Å²) in [5.74, 6) is -0.192. The molecule has 4 heteroatoms. The first kappa shape index (κ1) is 15.4. The van der Waals surface area contributed by atoms with E-state index in [0.717, 1.165) is 0 Å². The van der Waals surface area contributed by atoms with E-state index >= 15 is 0 Å². The fourth-order valence-electron chi connectivity index (χ4n) is 1.25. The molecule has 0 fully saturated rings. The second-order valence-corrected chi connectivity index (χ2v) is 4.19. The maximum atomic E-state index is 11.0. The molecular formula is C12H24O4. The second kappa shape index (κ2) is 8.53. The number of hydrogen-bond donors (Lipinski definition) is 0. The lowest BCUT2D eigenvalue weighted by Crippen LogP contribution is -2.25. The quantitative estimate of drug-likeness (QED) is 0.602. The van der Waals surface area contributed by atoms with E-state index in [0.29, 0.717) is 19.6 Å². The van der Waals surface area contributed by atoms with Crippen molar-refractivity contribution in [2.75, 3.05) is 13.2 Å². The molecule has 0 spiro atoms. The molecule has 96 valence electrons. The van der Waals surface area contributed by atoms with Crippen LogP contribution in [0.1, 0.15) is 41.0 Å². The van der Waals surface area contributed by atoms with Gasteiger partial charge in [-0.3, -0.25) is 4.79 Å². The molecule has 0 bridgehead atoms. The predicted octanol–water partition coefficient (Wildman–Crippen LogP) is 2.16. The van der Waals surface area contributed by atoms with Crippen molar-refractivity contribution >= 4 is 5.97 Å². The van der Waals surface area contributed by atoms with Gasteiger partial charge in [0.15, 0.2) is 0 Å². The van der Waals surface area contributed by atoms with Gasteiger partial charge in [0.25, 0.3) is 0 Å². The molecule has 0 aliphatic rings. The van der Waals surface area contributed by atoms with Crippen LogP contribution in [0.4, 0.5) is 0 Å². The third-order valence-electron chi connectivity index (χ3n) is 1.83. The van der Waals surface area contributed by atoms with Crippen molar-refractivity contribution < 1.29 is 19.0 Å². The highest BCUT2D eigenvalue weighted by Gasteiger charge is 2.09. The van der Waals surface area contributed by atoms with Crippen LogP contribution >= 0.6 is 0 Å². The molecule has 0 rings (SSSR count). The molecule has 0 aliphatic heterocycles. The summed E-state index contributed by atoms with van der Waals surface area (Å²) in [6.07, 6.45) is 0.471. The van der Waals surface area contributed by atoms with Gasteiger partial charge in [-0.05, 0) is 27.7 Å². The van der Waals surface area contributed by atoms with Crippen LogP contribution in [-0.4, -0.2) is 37.5 Å². The molecule has 0 saturated heterocycles. The van der Waals surface area contributed by atoms with E-state index in [4.69, 9.17) is 14.2 Å². The monoisotopic (exact) mass is 232 g/mol. The SMILES string of the molecule is CCC(=O)OC(C)COCC(C)OC(C)C. The molecule has 16 heavy (non-hydrogen) atoms. The Morgan fingerprint density at radius 1 is 1.06 bits per heavy atom. The summed E-state index contributed by atoms with van der Waals surface area (Å²) in [4.78, 5) is 11.0. The van der Waals surface area contributed by atoms with Crippen LogP contribution < -0.4 is 0 Å². The molecule has 2 unspecified atom stereocenters. The van der Waals surface area contributed by atoms with Gasteiger partial charge in [-0.15, -0.1) is 0 Å². The standard InChI is InChI=1S/C12H24O4/c1-6-12(13)16-11(5)8-14-7-10(4)15-9(2)3/h9-11H,6-8H2,1-5H3. The largest absolute Gasteiger partial charge is 0.460 e. The Kier molecular flexibility index (Phi) is 8.21. The van der Waals surface area contributed by atoms with Crippen LogP contribution in [-0.2, 0) is 19.0 Å². The number of esters is 1. The molecule has 0 saturated carbocycles. The van der Waals surface area contributed by atoms with Crippen molar-refractivity contribution in [3.05, 3.63) is 0 Å². The van der Waals surface area contributed by atoms with Crippen LogP contribution in [0.3, 0.4) is 0 Å². The summed E-state index contributed by atoms with van der Waals surface area (Å²) in [5.41, 5.74) is 0. The molecule has 4 nitrogen and oxygen atoms in total. The van der Waals surface area contributed by atoms with E-state index in [-0.39, 0.29) is 24.3 Å². The average molecular weight is 232 g/mol. The Labute approximate surface area is 98.3 Å². The number of carbonyl (C=O) groups excluding carboxylic acids is 1. The minimum Gasteiger partial charge on any atom is -0.460 e. The summed E-state index contributed by atoms with van der Waals surface area (Å²) in [7, 11) is 0. The Morgan fingerprint density at radius 3 is 2.12 bits per heavy atom. The fraction of sp³-hybridized carbons (Fsp3) is 0.917. The molecule has 0 N–H and O–H groups in total. The topological polar surface area (TPSA) is 44.8 Å². The third kappa shape index (κ3) is 8.68. The second-order valence-electron chi connectivity index (χ2n) is 4.19. The van der Waals surface area contributed by atoms with Gasteiger partial charge < -0.3 is 14.2 Å². The Balaban J connectivity index is 3.53. The summed E-state index contributed by atoms with van der Waals surface area (Å²) in [6, 6.07) is 0.